The van der Waals surface area contributed by atoms with Gasteiger partial charge in [0.05, 0.1) is 5.69 Å². The van der Waals surface area contributed by atoms with Gasteiger partial charge < -0.3 is 9.73 Å². The Morgan fingerprint density at radius 1 is 1.50 bits per heavy atom. The van der Waals surface area contributed by atoms with E-state index in [2.05, 4.69) is 15.2 Å². The molecule has 0 radical (unpaired) electrons. The molecular formula is C15H18ClN3O. The molecule has 2 heterocycles. The fraction of sp³-hybridized carbons (Fsp3) is 0.400. The summed E-state index contributed by atoms with van der Waals surface area (Å²) in [5.41, 5.74) is 1.88. The Morgan fingerprint density at radius 3 is 3.15 bits per heavy atom. The maximum absolute atomic E-state index is 5.99. The molecule has 0 amide bonds. The number of nitrogens with one attached hydrogen (secondary N) is 1. The average molecular weight is 292 g/mol. The lowest BCUT2D eigenvalue weighted by molar-refractivity contribution is 0.318. The second-order valence-electron chi connectivity index (χ2n) is 5.16. The number of aromatic nitrogens is 1. The summed E-state index contributed by atoms with van der Waals surface area (Å²) in [4.78, 5) is 6.94. The van der Waals surface area contributed by atoms with E-state index in [0.29, 0.717) is 17.0 Å². The lowest BCUT2D eigenvalue weighted by Gasteiger charge is -2.13. The number of rotatable bonds is 4. The molecule has 5 heteroatoms. The summed E-state index contributed by atoms with van der Waals surface area (Å²) in [6.07, 6.45) is 2.93. The third-order valence-electron chi connectivity index (χ3n) is 3.69. The second-order valence-corrected chi connectivity index (χ2v) is 5.60. The van der Waals surface area contributed by atoms with Gasteiger partial charge in [-0.2, -0.15) is 0 Å². The van der Waals surface area contributed by atoms with E-state index in [1.54, 1.807) is 6.26 Å². The molecule has 0 bridgehead atoms. The highest BCUT2D eigenvalue weighted by molar-refractivity contribution is 6.30. The number of likely N-dealkylation sites (tertiary alicyclic amines) is 1. The summed E-state index contributed by atoms with van der Waals surface area (Å²) in [6.45, 7) is 3.00. The van der Waals surface area contributed by atoms with Crippen LogP contribution < -0.4 is 5.32 Å². The summed E-state index contributed by atoms with van der Waals surface area (Å²) in [6, 6.07) is 8.16. The highest BCUT2D eigenvalue weighted by atomic mass is 35.5. The normalized spacial score (nSPS) is 19.6. The van der Waals surface area contributed by atoms with Gasteiger partial charge in [0.2, 0.25) is 5.89 Å². The van der Waals surface area contributed by atoms with Gasteiger partial charge in [-0.1, -0.05) is 17.7 Å². The number of hydrogen-bond acceptors (Lipinski definition) is 4. The smallest absolute Gasteiger partial charge is 0.226 e. The Balaban J connectivity index is 1.68. The van der Waals surface area contributed by atoms with Crippen molar-refractivity contribution in [3.8, 4) is 11.5 Å². The first-order chi connectivity index (χ1) is 9.74. The molecule has 1 aliphatic rings. The van der Waals surface area contributed by atoms with Crippen LogP contribution in [-0.4, -0.2) is 36.1 Å². The minimum absolute atomic E-state index is 0.592. The molecule has 0 spiro atoms. The van der Waals surface area contributed by atoms with Gasteiger partial charge in [-0.3, -0.25) is 4.90 Å². The number of halogens is 1. The van der Waals surface area contributed by atoms with Crippen LogP contribution in [0.15, 0.2) is 34.9 Å². The van der Waals surface area contributed by atoms with Gasteiger partial charge in [0.25, 0.3) is 0 Å². The number of benzene rings is 1. The highest BCUT2D eigenvalue weighted by Crippen LogP contribution is 2.23. The van der Waals surface area contributed by atoms with E-state index in [1.807, 2.05) is 31.3 Å². The van der Waals surface area contributed by atoms with E-state index in [9.17, 15) is 0 Å². The zero-order valence-electron chi connectivity index (χ0n) is 11.5. The van der Waals surface area contributed by atoms with Gasteiger partial charge in [-0.15, -0.1) is 0 Å². The number of oxazole rings is 1. The molecule has 2 aromatic rings. The number of nitrogens with zero attached hydrogens (tertiary/aromatic N) is 2. The van der Waals surface area contributed by atoms with Gasteiger partial charge in [-0.25, -0.2) is 4.98 Å². The molecule has 4 nitrogen and oxygen atoms in total. The maximum atomic E-state index is 5.99. The fourth-order valence-electron chi connectivity index (χ4n) is 2.57. The molecule has 106 valence electrons. The van der Waals surface area contributed by atoms with Crippen molar-refractivity contribution < 1.29 is 4.42 Å². The lowest BCUT2D eigenvalue weighted by atomic mass is 10.2. The second kappa shape index (κ2) is 5.95. The van der Waals surface area contributed by atoms with Gasteiger partial charge in [0, 0.05) is 36.3 Å². The zero-order chi connectivity index (χ0) is 13.9. The molecule has 1 unspecified atom stereocenters. The molecule has 0 saturated carbocycles. The van der Waals surface area contributed by atoms with Crippen molar-refractivity contribution in [3.63, 3.8) is 0 Å². The van der Waals surface area contributed by atoms with Crippen molar-refractivity contribution in [2.75, 3.05) is 20.1 Å². The Morgan fingerprint density at radius 2 is 2.40 bits per heavy atom. The van der Waals surface area contributed by atoms with Crippen molar-refractivity contribution in [3.05, 3.63) is 41.2 Å². The molecule has 3 rings (SSSR count). The molecular weight excluding hydrogens is 274 g/mol. The topological polar surface area (TPSA) is 41.3 Å². The van der Waals surface area contributed by atoms with Crippen molar-refractivity contribution in [1.82, 2.24) is 15.2 Å². The van der Waals surface area contributed by atoms with Crippen LogP contribution in [0.2, 0.25) is 5.02 Å². The third-order valence-corrected chi connectivity index (χ3v) is 3.92. The largest absolute Gasteiger partial charge is 0.444 e. The van der Waals surface area contributed by atoms with Crippen LogP contribution in [0.25, 0.3) is 11.5 Å². The average Bonchev–Trinajstić information content (AvgIpc) is 3.08. The molecule has 1 saturated heterocycles. The summed E-state index contributed by atoms with van der Waals surface area (Å²) in [5, 5.41) is 4.01. The van der Waals surface area contributed by atoms with Gasteiger partial charge >= 0.3 is 0 Å². The molecule has 1 aromatic carbocycles. The van der Waals surface area contributed by atoms with E-state index < -0.39 is 0 Å². The molecule has 1 atom stereocenters. The van der Waals surface area contributed by atoms with E-state index in [1.165, 1.54) is 6.42 Å². The van der Waals surface area contributed by atoms with Crippen LogP contribution in [-0.2, 0) is 6.54 Å². The monoisotopic (exact) mass is 291 g/mol. The minimum atomic E-state index is 0.592. The van der Waals surface area contributed by atoms with E-state index in [4.69, 9.17) is 16.0 Å². The summed E-state index contributed by atoms with van der Waals surface area (Å²) < 4.78 is 5.56. The van der Waals surface area contributed by atoms with Crippen LogP contribution in [0.5, 0.6) is 0 Å². The van der Waals surface area contributed by atoms with Crippen LogP contribution in [0.3, 0.4) is 0 Å². The van der Waals surface area contributed by atoms with Crippen molar-refractivity contribution in [1.29, 1.82) is 0 Å². The highest BCUT2D eigenvalue weighted by Gasteiger charge is 2.21. The first kappa shape index (κ1) is 13.6. The van der Waals surface area contributed by atoms with Crippen LogP contribution in [0, 0.1) is 0 Å². The fourth-order valence-corrected chi connectivity index (χ4v) is 2.76. The van der Waals surface area contributed by atoms with Crippen LogP contribution in [0.1, 0.15) is 12.1 Å². The molecule has 20 heavy (non-hydrogen) atoms. The molecule has 0 aliphatic carbocycles. The zero-order valence-corrected chi connectivity index (χ0v) is 12.2. The van der Waals surface area contributed by atoms with E-state index in [0.717, 1.165) is 30.9 Å². The summed E-state index contributed by atoms with van der Waals surface area (Å²) in [7, 11) is 2.02. The Hall–Kier alpha value is -1.36. The molecule has 1 fully saturated rings. The van der Waals surface area contributed by atoms with Crippen molar-refractivity contribution >= 4 is 11.6 Å². The van der Waals surface area contributed by atoms with Gasteiger partial charge in [0.15, 0.2) is 0 Å². The molecule has 1 N–H and O–H groups in total. The Labute approximate surface area is 123 Å². The Kier molecular flexibility index (Phi) is 4.05. The predicted octanol–water partition coefficient (Wildman–Crippen LogP) is 2.79. The van der Waals surface area contributed by atoms with Crippen LogP contribution in [0.4, 0.5) is 0 Å². The lowest BCUT2D eigenvalue weighted by Crippen LogP contribution is -2.29. The minimum Gasteiger partial charge on any atom is -0.444 e. The predicted molar refractivity (Wildman–Crippen MR) is 79.7 cm³/mol. The van der Waals surface area contributed by atoms with E-state index in [-0.39, 0.29) is 0 Å². The van der Waals surface area contributed by atoms with Gasteiger partial charge in [-0.05, 0) is 31.7 Å². The standard InChI is InChI=1S/C15H18ClN3O/c1-17-13-5-6-19(8-13)9-14-10-20-15(18-14)11-3-2-4-12(16)7-11/h2-4,7,10,13,17H,5-6,8-9H2,1H3. The van der Waals surface area contributed by atoms with Gasteiger partial charge in [0.1, 0.15) is 6.26 Å². The van der Waals surface area contributed by atoms with E-state index >= 15 is 0 Å². The summed E-state index contributed by atoms with van der Waals surface area (Å²) >= 11 is 5.99. The van der Waals surface area contributed by atoms with Crippen LogP contribution >= 0.6 is 11.6 Å². The molecule has 1 aromatic heterocycles. The van der Waals surface area contributed by atoms with Crippen molar-refractivity contribution in [2.45, 2.75) is 19.0 Å². The number of likely N-dealkylation sites (N-methyl/N-ethyl adjacent to an activating group) is 1. The molecule has 1 aliphatic heterocycles. The number of hydrogen-bond donors (Lipinski definition) is 1. The third kappa shape index (κ3) is 3.03. The SMILES string of the molecule is CNC1CCN(Cc2coc(-c3cccc(Cl)c3)n2)C1. The summed E-state index contributed by atoms with van der Waals surface area (Å²) in [5.74, 6) is 0.631. The first-order valence-corrected chi connectivity index (χ1v) is 7.22. The maximum Gasteiger partial charge on any atom is 0.226 e. The Bertz CT molecular complexity index is 584. The first-order valence-electron chi connectivity index (χ1n) is 6.84. The van der Waals surface area contributed by atoms with Crippen molar-refractivity contribution in [2.24, 2.45) is 0 Å². The quantitative estimate of drug-likeness (QED) is 0.940.